The van der Waals surface area contributed by atoms with Gasteiger partial charge in [0, 0.05) is 10.8 Å². The van der Waals surface area contributed by atoms with Crippen molar-refractivity contribution in [3.8, 4) is 0 Å². The van der Waals surface area contributed by atoms with E-state index < -0.39 is 0 Å². The molecule has 232 valence electrons. The molecule has 0 saturated heterocycles. The monoisotopic (exact) mass is 666 g/mol. The summed E-state index contributed by atoms with van der Waals surface area (Å²) in [4.78, 5) is 0. The molecule has 1 saturated carbocycles. The molecule has 1 fully saturated rings. The number of benzene rings is 4. The second kappa shape index (κ2) is 16.8. The van der Waals surface area contributed by atoms with Crippen LogP contribution in [-0.2, 0) is 30.8 Å². The first-order valence-electron chi connectivity index (χ1n) is 15.8. The molecule has 5 aromatic rings. The molecule has 0 radical (unpaired) electrons. The van der Waals surface area contributed by atoms with E-state index >= 15 is 0 Å². The maximum atomic E-state index is 2.99. The molecule has 0 nitrogen and oxygen atoms in total. The molecule has 2 aliphatic carbocycles. The van der Waals surface area contributed by atoms with Gasteiger partial charge in [-0.2, -0.15) is 6.08 Å². The van der Waals surface area contributed by atoms with Crippen LogP contribution in [0.2, 0.25) is 0 Å². The number of hydrogen-bond acceptors (Lipinski definition) is 0. The van der Waals surface area contributed by atoms with Crippen LogP contribution in [0.4, 0.5) is 0 Å². The Bertz CT molecular complexity index is 1600. The molecule has 0 bridgehead atoms. The Kier molecular flexibility index (Phi) is 13.8. The van der Waals surface area contributed by atoms with Gasteiger partial charge in [-0.05, 0) is 11.1 Å². The first kappa shape index (κ1) is 36.9. The molecular formula is C42H44Cl2Ti-2. The quantitative estimate of drug-likeness (QED) is 0.179. The standard InChI is InChI=1S/C31H29.C6H10.C5H5.2ClH.Ti/c1-30(2,24-11-7-5-8-12-24)26-15-17-28-22(20-26)19-23-21-27(16-18-29(23)28)31(3,4)25-13-9-6-10-14-25;1-2-4-6-5-3-1;1-2-4-5-3-1;;;/h5-21H,1-4H3;1-5H2;1-3H,4H2;2*1H;/q-1;;-1;;;+2/p-2. The summed E-state index contributed by atoms with van der Waals surface area (Å²) in [7, 11) is 0. The number of allylic oxidation sites excluding steroid dienone is 4. The number of rotatable bonds is 4. The summed E-state index contributed by atoms with van der Waals surface area (Å²) >= 11 is 2.28. The Morgan fingerprint density at radius 2 is 1.07 bits per heavy atom. The predicted octanol–water partition coefficient (Wildman–Crippen LogP) is 5.35. The minimum atomic E-state index is -0.0284. The molecule has 2 aliphatic rings. The summed E-state index contributed by atoms with van der Waals surface area (Å²) in [6.45, 7) is 9.25. The second-order valence-corrected chi connectivity index (χ2v) is 14.0. The van der Waals surface area contributed by atoms with Gasteiger partial charge in [0.15, 0.2) is 0 Å². The fourth-order valence-corrected chi connectivity index (χ4v) is 6.71. The molecule has 0 N–H and O–H groups in total. The number of fused-ring (bicyclic) bond motifs is 3. The fourth-order valence-electron chi connectivity index (χ4n) is 6.16. The third kappa shape index (κ3) is 9.02. The van der Waals surface area contributed by atoms with E-state index in [2.05, 4.69) is 163 Å². The zero-order valence-corrected chi connectivity index (χ0v) is 30.1. The molecule has 45 heavy (non-hydrogen) atoms. The average Bonchev–Trinajstić information content (AvgIpc) is 3.74. The third-order valence-corrected chi connectivity index (χ3v) is 9.96. The van der Waals surface area contributed by atoms with E-state index in [1.54, 1.807) is 3.81 Å². The number of halogens is 2. The van der Waals surface area contributed by atoms with E-state index in [1.165, 1.54) is 75.9 Å². The van der Waals surface area contributed by atoms with Gasteiger partial charge in [-0.3, -0.25) is 6.08 Å². The van der Waals surface area contributed by atoms with Crippen LogP contribution in [0.25, 0.3) is 21.5 Å². The van der Waals surface area contributed by atoms with Crippen molar-refractivity contribution in [3.05, 3.63) is 150 Å². The summed E-state index contributed by atoms with van der Waals surface area (Å²) in [5.41, 5.74) is 5.34. The molecule has 0 heterocycles. The molecule has 3 heteroatoms. The van der Waals surface area contributed by atoms with Gasteiger partial charge in [-0.1, -0.05) is 124 Å². The molecule has 0 unspecified atom stereocenters. The third-order valence-electron chi connectivity index (χ3n) is 9.18. The second-order valence-electron chi connectivity index (χ2n) is 12.9. The summed E-state index contributed by atoms with van der Waals surface area (Å²) < 4.78 is 1.71. The molecule has 0 aromatic heterocycles. The maximum absolute atomic E-state index is 2.99. The van der Waals surface area contributed by atoms with Crippen LogP contribution in [0, 0.1) is 6.08 Å². The first-order valence-corrected chi connectivity index (χ1v) is 16.6. The van der Waals surface area contributed by atoms with Crippen LogP contribution in [0.15, 0.2) is 121 Å². The summed E-state index contributed by atoms with van der Waals surface area (Å²) in [6.07, 6.45) is 17.2. The average molecular weight is 668 g/mol. The van der Waals surface area contributed by atoms with E-state index in [-0.39, 0.29) is 35.6 Å². The van der Waals surface area contributed by atoms with Crippen LogP contribution in [0.3, 0.4) is 0 Å². The Morgan fingerprint density at radius 1 is 0.600 bits per heavy atom. The van der Waals surface area contributed by atoms with E-state index in [4.69, 9.17) is 0 Å². The fraction of sp³-hybridized carbons (Fsp3) is 0.286. The van der Waals surface area contributed by atoms with Crippen molar-refractivity contribution in [1.82, 2.24) is 0 Å². The van der Waals surface area contributed by atoms with Crippen LogP contribution >= 0.6 is 0 Å². The van der Waals surface area contributed by atoms with Crippen LogP contribution < -0.4 is 24.8 Å². The van der Waals surface area contributed by atoms with Gasteiger partial charge >= 0.3 is 55.9 Å². The van der Waals surface area contributed by atoms with E-state index in [1.807, 2.05) is 12.2 Å². The molecule has 7 rings (SSSR count). The van der Waals surface area contributed by atoms with Gasteiger partial charge in [-0.15, -0.1) is 46.2 Å². The van der Waals surface area contributed by atoms with Gasteiger partial charge in [0.25, 0.3) is 0 Å². The SMILES string of the molecule is CC(C)(c1ccccc1)c1ccc2c(c1)[cH-]c1cc(C(C)(C)c3ccccc3)ccc12.[C-]1=CC=CC1.[Cl-].[Cl-].[Ti+2]=[C]1CCCCC1. The topological polar surface area (TPSA) is 0 Å². The van der Waals surface area contributed by atoms with Crippen molar-refractivity contribution in [2.75, 3.05) is 0 Å². The van der Waals surface area contributed by atoms with Gasteiger partial charge < -0.3 is 24.8 Å². The van der Waals surface area contributed by atoms with Gasteiger partial charge in [0.2, 0.25) is 0 Å². The molecular weight excluding hydrogens is 623 g/mol. The van der Waals surface area contributed by atoms with Crippen molar-refractivity contribution in [2.45, 2.75) is 77.0 Å². The summed E-state index contributed by atoms with van der Waals surface area (Å²) in [5, 5.41) is 5.33. The zero-order valence-electron chi connectivity index (χ0n) is 27.0. The number of hydrogen-bond donors (Lipinski definition) is 0. The minimum absolute atomic E-state index is 0. The zero-order chi connectivity index (χ0) is 30.3. The van der Waals surface area contributed by atoms with Crippen molar-refractivity contribution >= 4 is 25.4 Å². The molecule has 0 aliphatic heterocycles. The predicted molar refractivity (Wildman–Crippen MR) is 184 cm³/mol. The molecule has 5 aromatic carbocycles. The Balaban J connectivity index is 0.000000330. The van der Waals surface area contributed by atoms with E-state index in [0.29, 0.717) is 0 Å². The van der Waals surface area contributed by atoms with Crippen LogP contribution in [0.1, 0.15) is 88.5 Å². The molecule has 0 amide bonds. The Morgan fingerprint density at radius 3 is 1.40 bits per heavy atom. The summed E-state index contributed by atoms with van der Waals surface area (Å²) in [5.74, 6) is 0. The van der Waals surface area contributed by atoms with Gasteiger partial charge in [0.1, 0.15) is 0 Å². The first-order chi connectivity index (χ1) is 20.8. The van der Waals surface area contributed by atoms with E-state index in [0.717, 1.165) is 6.42 Å². The van der Waals surface area contributed by atoms with Crippen molar-refractivity contribution in [2.24, 2.45) is 0 Å². The Labute approximate surface area is 295 Å². The summed E-state index contributed by atoms with van der Waals surface area (Å²) in [6, 6.07) is 37.9. The van der Waals surface area contributed by atoms with Crippen molar-refractivity contribution in [1.29, 1.82) is 0 Å². The van der Waals surface area contributed by atoms with Gasteiger partial charge in [0.05, 0.1) is 0 Å². The van der Waals surface area contributed by atoms with Gasteiger partial charge in [-0.25, -0.2) is 12.2 Å². The molecule has 0 atom stereocenters. The van der Waals surface area contributed by atoms with Crippen molar-refractivity contribution < 1.29 is 44.8 Å². The van der Waals surface area contributed by atoms with E-state index in [9.17, 15) is 0 Å². The van der Waals surface area contributed by atoms with Crippen LogP contribution in [-0.4, -0.2) is 3.81 Å². The molecule has 0 spiro atoms. The normalized spacial score (nSPS) is 14.1. The van der Waals surface area contributed by atoms with Crippen molar-refractivity contribution in [3.63, 3.8) is 0 Å². The van der Waals surface area contributed by atoms with Crippen LogP contribution in [0.5, 0.6) is 0 Å². The Hall–Kier alpha value is -2.61.